The van der Waals surface area contributed by atoms with E-state index in [4.69, 9.17) is 34.8 Å². The number of carbonyl (C=O) groups excluding carboxylic acids is 1. The maximum absolute atomic E-state index is 12.3. The zero-order valence-electron chi connectivity index (χ0n) is 14.5. The second kappa shape index (κ2) is 8.52. The van der Waals surface area contributed by atoms with E-state index in [1.54, 1.807) is 24.3 Å². The number of thioether (sulfide) groups is 1. The minimum atomic E-state index is -0.149. The first-order valence-electron chi connectivity index (χ1n) is 7.89. The zero-order chi connectivity index (χ0) is 19.6. The molecular formula is C18H15Cl3N4OS. The van der Waals surface area contributed by atoms with Crippen LogP contribution in [0.4, 0.5) is 5.69 Å². The number of amides is 1. The molecule has 0 aliphatic rings. The normalized spacial score (nSPS) is 10.9. The Bertz CT molecular complexity index is 1010. The van der Waals surface area contributed by atoms with Crippen LogP contribution in [-0.4, -0.2) is 26.4 Å². The summed E-state index contributed by atoms with van der Waals surface area (Å²) in [5, 5.41) is 13.3. The third kappa shape index (κ3) is 4.76. The average Bonchev–Trinajstić information content (AvgIpc) is 2.99. The van der Waals surface area contributed by atoms with Gasteiger partial charge in [-0.1, -0.05) is 52.6 Å². The van der Waals surface area contributed by atoms with Gasteiger partial charge < -0.3 is 9.88 Å². The molecule has 0 saturated heterocycles. The number of benzene rings is 2. The van der Waals surface area contributed by atoms with Gasteiger partial charge in [0.05, 0.1) is 15.8 Å². The van der Waals surface area contributed by atoms with Crippen molar-refractivity contribution in [3.63, 3.8) is 0 Å². The van der Waals surface area contributed by atoms with Crippen molar-refractivity contribution in [1.82, 2.24) is 14.8 Å². The van der Waals surface area contributed by atoms with Crippen molar-refractivity contribution in [3.8, 4) is 11.4 Å². The summed E-state index contributed by atoms with van der Waals surface area (Å²) in [6.45, 7) is 1.91. The first-order valence-corrected chi connectivity index (χ1v) is 10.0. The first kappa shape index (κ1) is 20.0. The van der Waals surface area contributed by atoms with Gasteiger partial charge in [0.15, 0.2) is 11.0 Å². The molecule has 1 aromatic heterocycles. The Labute approximate surface area is 176 Å². The Balaban J connectivity index is 1.68. The van der Waals surface area contributed by atoms with Crippen LogP contribution in [0, 0.1) is 6.92 Å². The Hall–Kier alpha value is -1.73. The molecule has 0 bridgehead atoms. The summed E-state index contributed by atoms with van der Waals surface area (Å²) in [7, 11) is 1.83. The molecule has 2 aromatic carbocycles. The smallest absolute Gasteiger partial charge is 0.234 e. The van der Waals surface area contributed by atoms with Crippen molar-refractivity contribution >= 4 is 58.2 Å². The number of nitrogens with zero attached hydrogens (tertiary/aromatic N) is 3. The highest BCUT2D eigenvalue weighted by Gasteiger charge is 2.14. The largest absolute Gasteiger partial charge is 0.325 e. The number of rotatable bonds is 5. The van der Waals surface area contributed by atoms with E-state index in [0.717, 1.165) is 11.1 Å². The Kier molecular flexibility index (Phi) is 6.32. The van der Waals surface area contributed by atoms with Gasteiger partial charge in [0.2, 0.25) is 5.91 Å². The molecule has 5 nitrogen and oxygen atoms in total. The van der Waals surface area contributed by atoms with Gasteiger partial charge in [-0.05, 0) is 42.8 Å². The van der Waals surface area contributed by atoms with Crippen LogP contribution in [0.1, 0.15) is 5.56 Å². The van der Waals surface area contributed by atoms with Crippen molar-refractivity contribution in [3.05, 3.63) is 57.0 Å². The van der Waals surface area contributed by atoms with Crippen molar-refractivity contribution < 1.29 is 4.79 Å². The van der Waals surface area contributed by atoms with E-state index in [1.807, 2.05) is 30.7 Å². The number of nitrogens with one attached hydrogen (secondary N) is 1. The maximum Gasteiger partial charge on any atom is 0.234 e. The number of halogens is 3. The van der Waals surface area contributed by atoms with Gasteiger partial charge in [-0.3, -0.25) is 4.79 Å². The summed E-state index contributed by atoms with van der Waals surface area (Å²) in [5.74, 6) is 0.686. The molecule has 1 amide bonds. The molecule has 0 spiro atoms. The fourth-order valence-corrected chi connectivity index (χ4v) is 3.55. The summed E-state index contributed by atoms with van der Waals surface area (Å²) in [5.41, 5.74) is 2.44. The average molecular weight is 442 g/mol. The monoisotopic (exact) mass is 440 g/mol. The Morgan fingerprint density at radius 3 is 2.63 bits per heavy atom. The molecule has 3 aromatic rings. The van der Waals surface area contributed by atoms with Crippen LogP contribution in [0.25, 0.3) is 11.4 Å². The van der Waals surface area contributed by atoms with Gasteiger partial charge in [0, 0.05) is 23.3 Å². The molecule has 1 heterocycles. The van der Waals surface area contributed by atoms with Gasteiger partial charge >= 0.3 is 0 Å². The van der Waals surface area contributed by atoms with E-state index in [1.165, 1.54) is 11.8 Å². The Morgan fingerprint density at radius 1 is 1.11 bits per heavy atom. The molecule has 0 aliphatic heterocycles. The van der Waals surface area contributed by atoms with Crippen LogP contribution in [0.15, 0.2) is 41.6 Å². The highest BCUT2D eigenvalue weighted by molar-refractivity contribution is 7.99. The molecular weight excluding hydrogens is 427 g/mol. The molecule has 0 radical (unpaired) electrons. The van der Waals surface area contributed by atoms with Crippen LogP contribution < -0.4 is 5.32 Å². The molecule has 0 saturated carbocycles. The molecule has 3 rings (SSSR count). The van der Waals surface area contributed by atoms with E-state index < -0.39 is 0 Å². The molecule has 27 heavy (non-hydrogen) atoms. The lowest BCUT2D eigenvalue weighted by Crippen LogP contribution is -2.15. The summed E-state index contributed by atoms with van der Waals surface area (Å²) < 4.78 is 1.81. The van der Waals surface area contributed by atoms with Crippen molar-refractivity contribution in [2.24, 2.45) is 7.05 Å². The number of aryl methyl sites for hydroxylation is 1. The lowest BCUT2D eigenvalue weighted by atomic mass is 10.2. The van der Waals surface area contributed by atoms with Crippen molar-refractivity contribution in [2.75, 3.05) is 11.1 Å². The first-order chi connectivity index (χ1) is 12.8. The molecule has 0 fully saturated rings. The number of hydrogen-bond donors (Lipinski definition) is 1. The van der Waals surface area contributed by atoms with E-state index in [9.17, 15) is 4.79 Å². The molecule has 0 aliphatic carbocycles. The van der Waals surface area contributed by atoms with Crippen molar-refractivity contribution in [2.45, 2.75) is 12.1 Å². The van der Waals surface area contributed by atoms with Crippen LogP contribution in [0.3, 0.4) is 0 Å². The molecule has 140 valence electrons. The van der Waals surface area contributed by atoms with Crippen LogP contribution in [0.2, 0.25) is 15.1 Å². The lowest BCUT2D eigenvalue weighted by molar-refractivity contribution is -0.113. The quantitative estimate of drug-likeness (QED) is 0.532. The standard InChI is InChI=1S/C18H15Cl3N4OS/c1-10-3-5-12(19)8-15(10)22-16(26)9-27-18-24-23-17(25(18)2)11-4-6-13(20)14(21)7-11/h3-8H,9H2,1-2H3,(H,22,26). The topological polar surface area (TPSA) is 59.8 Å². The number of carbonyl (C=O) groups is 1. The van der Waals surface area contributed by atoms with E-state index >= 15 is 0 Å². The predicted molar refractivity (Wildman–Crippen MR) is 112 cm³/mol. The van der Waals surface area contributed by atoms with Crippen molar-refractivity contribution in [1.29, 1.82) is 0 Å². The second-order valence-electron chi connectivity index (χ2n) is 5.79. The molecule has 0 atom stereocenters. The predicted octanol–water partition coefficient (Wildman–Crippen LogP) is 5.48. The maximum atomic E-state index is 12.3. The summed E-state index contributed by atoms with van der Waals surface area (Å²) in [6, 6.07) is 10.6. The second-order valence-corrected chi connectivity index (χ2v) is 7.98. The third-order valence-electron chi connectivity index (χ3n) is 3.82. The van der Waals surface area contributed by atoms with Crippen LogP contribution >= 0.6 is 46.6 Å². The highest BCUT2D eigenvalue weighted by atomic mass is 35.5. The summed E-state index contributed by atoms with van der Waals surface area (Å²) in [6.07, 6.45) is 0. The van der Waals surface area contributed by atoms with Gasteiger partial charge in [-0.25, -0.2) is 0 Å². The minimum absolute atomic E-state index is 0.149. The molecule has 9 heteroatoms. The molecule has 1 N–H and O–H groups in total. The number of hydrogen-bond acceptors (Lipinski definition) is 4. The Morgan fingerprint density at radius 2 is 1.89 bits per heavy atom. The summed E-state index contributed by atoms with van der Waals surface area (Å²) in [4.78, 5) is 12.3. The fraction of sp³-hybridized carbons (Fsp3) is 0.167. The fourth-order valence-electron chi connectivity index (χ4n) is 2.37. The van der Waals surface area contributed by atoms with E-state index in [2.05, 4.69) is 15.5 Å². The zero-order valence-corrected chi connectivity index (χ0v) is 17.5. The minimum Gasteiger partial charge on any atom is -0.325 e. The van der Waals surface area contributed by atoms with E-state index in [0.29, 0.717) is 31.7 Å². The SMILES string of the molecule is Cc1ccc(Cl)cc1NC(=O)CSc1nnc(-c2ccc(Cl)c(Cl)c2)n1C. The molecule has 0 unspecified atom stereocenters. The highest BCUT2D eigenvalue weighted by Crippen LogP contribution is 2.29. The van der Waals surface area contributed by atoms with Crippen LogP contribution in [-0.2, 0) is 11.8 Å². The van der Waals surface area contributed by atoms with Gasteiger partial charge in [-0.2, -0.15) is 0 Å². The number of aromatic nitrogens is 3. The lowest BCUT2D eigenvalue weighted by Gasteiger charge is -2.09. The van der Waals surface area contributed by atoms with Gasteiger partial charge in [0.1, 0.15) is 0 Å². The summed E-state index contributed by atoms with van der Waals surface area (Å²) >= 11 is 19.3. The van der Waals surface area contributed by atoms with E-state index in [-0.39, 0.29) is 11.7 Å². The third-order valence-corrected chi connectivity index (χ3v) is 5.81. The van der Waals surface area contributed by atoms with Gasteiger partial charge in [0.25, 0.3) is 0 Å². The van der Waals surface area contributed by atoms with Crippen LogP contribution in [0.5, 0.6) is 0 Å². The number of anilines is 1. The van der Waals surface area contributed by atoms with Gasteiger partial charge in [-0.15, -0.1) is 10.2 Å².